The standard InChI is InChI=1S/C20H28O6/c1-5-13(2)16-17-15(24-19(3,4)25-17)11-20(22,26-16)18(21)23-12-14-9-7-6-8-10-14/h6-10,13,15-17,22H,5,11-12H2,1-4H3/t13-,15-,16?,17?,20?/m1/s1. The first-order valence-corrected chi connectivity index (χ1v) is 9.21. The van der Waals surface area contributed by atoms with Crippen LogP contribution in [0.2, 0.25) is 0 Å². The fourth-order valence-electron chi connectivity index (χ4n) is 3.55. The molecule has 3 unspecified atom stereocenters. The monoisotopic (exact) mass is 364 g/mol. The Bertz CT molecular complexity index is 630. The lowest BCUT2D eigenvalue weighted by Gasteiger charge is -2.42. The summed E-state index contributed by atoms with van der Waals surface area (Å²) in [7, 11) is 0. The Balaban J connectivity index is 1.74. The Labute approximate surface area is 154 Å². The molecular weight excluding hydrogens is 336 g/mol. The van der Waals surface area contributed by atoms with Crippen molar-refractivity contribution in [3.8, 4) is 0 Å². The quantitative estimate of drug-likeness (QED) is 0.810. The van der Waals surface area contributed by atoms with Gasteiger partial charge in [0.15, 0.2) is 5.79 Å². The van der Waals surface area contributed by atoms with Crippen molar-refractivity contribution in [1.29, 1.82) is 0 Å². The van der Waals surface area contributed by atoms with Gasteiger partial charge in [-0.2, -0.15) is 0 Å². The van der Waals surface area contributed by atoms with Gasteiger partial charge >= 0.3 is 5.97 Å². The number of rotatable bonds is 5. The number of aliphatic hydroxyl groups is 1. The molecule has 0 bridgehead atoms. The smallest absolute Gasteiger partial charge is 0.367 e. The maximum Gasteiger partial charge on any atom is 0.367 e. The molecule has 0 saturated carbocycles. The third-order valence-electron chi connectivity index (χ3n) is 5.09. The summed E-state index contributed by atoms with van der Waals surface area (Å²) in [4.78, 5) is 12.6. The van der Waals surface area contributed by atoms with Crippen molar-refractivity contribution in [2.75, 3.05) is 0 Å². The largest absolute Gasteiger partial charge is 0.457 e. The van der Waals surface area contributed by atoms with Crippen LogP contribution >= 0.6 is 0 Å². The number of fused-ring (bicyclic) bond motifs is 1. The van der Waals surface area contributed by atoms with Gasteiger partial charge in [0.05, 0.1) is 12.2 Å². The molecule has 26 heavy (non-hydrogen) atoms. The number of carbonyl (C=O) groups excluding carboxylic acids is 1. The van der Waals surface area contributed by atoms with Crippen LogP contribution in [-0.2, 0) is 30.3 Å². The fraction of sp³-hybridized carbons (Fsp3) is 0.650. The average Bonchev–Trinajstić information content (AvgIpc) is 2.92. The number of ether oxygens (including phenoxy) is 4. The maximum absolute atomic E-state index is 12.6. The minimum Gasteiger partial charge on any atom is -0.457 e. The molecule has 0 radical (unpaired) electrons. The van der Waals surface area contributed by atoms with Gasteiger partial charge in [0.25, 0.3) is 5.79 Å². The van der Waals surface area contributed by atoms with Crippen molar-refractivity contribution in [1.82, 2.24) is 0 Å². The SMILES string of the molecule is CC[C@@H](C)C1OC(O)(C(=O)OCc2ccccc2)C[C@H]2OC(C)(C)OC12. The molecule has 2 heterocycles. The average molecular weight is 364 g/mol. The summed E-state index contributed by atoms with van der Waals surface area (Å²) in [6.45, 7) is 7.77. The topological polar surface area (TPSA) is 74.2 Å². The zero-order valence-corrected chi connectivity index (χ0v) is 15.8. The Morgan fingerprint density at radius 2 is 1.96 bits per heavy atom. The Hall–Kier alpha value is -1.47. The fourth-order valence-corrected chi connectivity index (χ4v) is 3.55. The Kier molecular flexibility index (Phi) is 5.40. The van der Waals surface area contributed by atoms with Crippen LogP contribution in [0.1, 0.15) is 46.1 Å². The predicted octanol–water partition coefficient (Wildman–Crippen LogP) is 2.77. The second-order valence-corrected chi connectivity index (χ2v) is 7.66. The van der Waals surface area contributed by atoms with Crippen LogP contribution in [0, 0.1) is 5.92 Å². The van der Waals surface area contributed by atoms with Gasteiger partial charge in [0, 0.05) is 6.42 Å². The van der Waals surface area contributed by atoms with Gasteiger partial charge in [-0.25, -0.2) is 4.79 Å². The second-order valence-electron chi connectivity index (χ2n) is 7.66. The van der Waals surface area contributed by atoms with Crippen molar-refractivity contribution < 1.29 is 28.8 Å². The molecule has 1 aromatic rings. The molecule has 5 atom stereocenters. The summed E-state index contributed by atoms with van der Waals surface area (Å²) in [6, 6.07) is 9.33. The zero-order valence-electron chi connectivity index (χ0n) is 15.8. The Morgan fingerprint density at radius 1 is 1.27 bits per heavy atom. The third kappa shape index (κ3) is 3.93. The number of esters is 1. The minimum absolute atomic E-state index is 0.0122. The molecule has 0 amide bonds. The summed E-state index contributed by atoms with van der Waals surface area (Å²) >= 11 is 0. The molecule has 2 aliphatic rings. The van der Waals surface area contributed by atoms with Crippen LogP contribution in [0.15, 0.2) is 30.3 Å². The van der Waals surface area contributed by atoms with Crippen LogP contribution < -0.4 is 0 Å². The number of hydrogen-bond acceptors (Lipinski definition) is 6. The zero-order chi connectivity index (χ0) is 18.9. The van der Waals surface area contributed by atoms with E-state index in [1.54, 1.807) is 0 Å². The lowest BCUT2D eigenvalue weighted by atomic mass is 9.88. The van der Waals surface area contributed by atoms with Crippen LogP contribution in [0.5, 0.6) is 0 Å². The van der Waals surface area contributed by atoms with E-state index in [9.17, 15) is 9.90 Å². The highest BCUT2D eigenvalue weighted by Gasteiger charge is 2.58. The summed E-state index contributed by atoms with van der Waals surface area (Å²) in [5, 5.41) is 10.9. The highest BCUT2D eigenvalue weighted by atomic mass is 16.8. The lowest BCUT2D eigenvalue weighted by Crippen LogP contribution is -2.59. The first kappa shape index (κ1) is 19.3. The Morgan fingerprint density at radius 3 is 2.62 bits per heavy atom. The van der Waals surface area contributed by atoms with Crippen LogP contribution in [0.25, 0.3) is 0 Å². The van der Waals surface area contributed by atoms with Gasteiger partial charge < -0.3 is 24.1 Å². The van der Waals surface area contributed by atoms with Gasteiger partial charge in [-0.1, -0.05) is 50.6 Å². The molecule has 1 aromatic carbocycles. The molecular formula is C20H28O6. The summed E-state index contributed by atoms with van der Waals surface area (Å²) in [5.74, 6) is -3.51. The van der Waals surface area contributed by atoms with Crippen molar-refractivity contribution in [3.63, 3.8) is 0 Å². The molecule has 2 fully saturated rings. The first-order chi connectivity index (χ1) is 12.2. The molecule has 6 nitrogen and oxygen atoms in total. The maximum atomic E-state index is 12.6. The summed E-state index contributed by atoms with van der Waals surface area (Å²) in [5.41, 5.74) is 0.846. The van der Waals surface area contributed by atoms with Gasteiger partial charge in [0.1, 0.15) is 12.7 Å². The van der Waals surface area contributed by atoms with Crippen molar-refractivity contribution in [2.45, 2.75) is 77.0 Å². The van der Waals surface area contributed by atoms with E-state index in [0.29, 0.717) is 0 Å². The number of hydrogen-bond donors (Lipinski definition) is 1. The van der Waals surface area contributed by atoms with Gasteiger partial charge in [-0.05, 0) is 25.3 Å². The van der Waals surface area contributed by atoms with E-state index in [4.69, 9.17) is 18.9 Å². The highest BCUT2D eigenvalue weighted by Crippen LogP contribution is 2.43. The molecule has 0 aliphatic carbocycles. The van der Waals surface area contributed by atoms with Crippen LogP contribution in [-0.4, -0.2) is 41.0 Å². The van der Waals surface area contributed by atoms with E-state index in [0.717, 1.165) is 12.0 Å². The minimum atomic E-state index is -2.03. The molecule has 144 valence electrons. The van der Waals surface area contributed by atoms with Gasteiger partial charge in [-0.3, -0.25) is 0 Å². The third-order valence-corrected chi connectivity index (χ3v) is 5.09. The van der Waals surface area contributed by atoms with Crippen molar-refractivity contribution in [3.05, 3.63) is 35.9 Å². The highest BCUT2D eigenvalue weighted by molar-refractivity contribution is 5.77. The number of benzene rings is 1. The van der Waals surface area contributed by atoms with E-state index in [2.05, 4.69) is 0 Å². The molecule has 3 rings (SSSR count). The first-order valence-electron chi connectivity index (χ1n) is 9.21. The lowest BCUT2D eigenvalue weighted by molar-refractivity contribution is -0.291. The molecule has 2 aliphatic heterocycles. The molecule has 1 N–H and O–H groups in total. The molecule has 6 heteroatoms. The van der Waals surface area contributed by atoms with Crippen LogP contribution in [0.3, 0.4) is 0 Å². The van der Waals surface area contributed by atoms with Gasteiger partial charge in [0.2, 0.25) is 0 Å². The van der Waals surface area contributed by atoms with Crippen LogP contribution in [0.4, 0.5) is 0 Å². The molecule has 2 saturated heterocycles. The predicted molar refractivity (Wildman–Crippen MR) is 94.0 cm³/mol. The second kappa shape index (κ2) is 7.27. The van der Waals surface area contributed by atoms with Gasteiger partial charge in [-0.15, -0.1) is 0 Å². The molecule has 0 spiro atoms. The van der Waals surface area contributed by atoms with E-state index >= 15 is 0 Å². The van der Waals surface area contributed by atoms with Crippen molar-refractivity contribution in [2.24, 2.45) is 5.92 Å². The molecule has 0 aromatic heterocycles. The number of carbonyl (C=O) groups is 1. The summed E-state index contributed by atoms with van der Waals surface area (Å²) < 4.78 is 23.1. The van der Waals surface area contributed by atoms with E-state index in [1.807, 2.05) is 58.0 Å². The van der Waals surface area contributed by atoms with E-state index < -0.39 is 29.8 Å². The normalized spacial score (nSPS) is 34.1. The van der Waals surface area contributed by atoms with Crippen molar-refractivity contribution >= 4 is 5.97 Å². The summed E-state index contributed by atoms with van der Waals surface area (Å²) in [6.07, 6.45) is -0.377. The van der Waals surface area contributed by atoms with E-state index in [-0.39, 0.29) is 25.0 Å². The van der Waals surface area contributed by atoms with E-state index in [1.165, 1.54) is 0 Å².